The predicted molar refractivity (Wildman–Crippen MR) is 294 cm³/mol. The summed E-state index contributed by atoms with van der Waals surface area (Å²) in [6.45, 7) is 38.7. The van der Waals surface area contributed by atoms with E-state index in [2.05, 4.69) is 109 Å². The van der Waals surface area contributed by atoms with Crippen LogP contribution >= 0.6 is 0 Å². The molecule has 0 spiro atoms. The van der Waals surface area contributed by atoms with Gasteiger partial charge in [-0.25, -0.2) is 19.2 Å². The van der Waals surface area contributed by atoms with Crippen molar-refractivity contribution in [2.45, 2.75) is 164 Å². The summed E-state index contributed by atoms with van der Waals surface area (Å²) in [7, 11) is 0. The zero-order valence-electron chi connectivity index (χ0n) is 44.6. The van der Waals surface area contributed by atoms with E-state index in [-0.39, 0.29) is 74.4 Å². The van der Waals surface area contributed by atoms with E-state index in [9.17, 15) is 39.6 Å². The van der Waals surface area contributed by atoms with Crippen LogP contribution in [0.5, 0.6) is 23.0 Å². The van der Waals surface area contributed by atoms with E-state index in [1.165, 1.54) is 0 Å². The SMILES string of the molecule is C.C=C(Cc1ccc(O)c(C(C)(C)CC)c1)C(=O)O.C=C(Cc1ccc(O)c(C(C)(C)CC)c1)C(=O)O.C=C(Cc1ccc(O)c(C(C)(C)CC)c1)C(=O)O.C=C(Cc1ccc(O)c(C(C)(C)CC)c1)C(=O)O. The molecule has 0 aliphatic carbocycles. The van der Waals surface area contributed by atoms with Gasteiger partial charge in [0.15, 0.2) is 0 Å². The Hall–Kier alpha value is -7.08. The average Bonchev–Trinajstić information content (AvgIpc) is 3.31. The molecule has 12 nitrogen and oxygen atoms in total. The molecule has 12 heteroatoms. The normalized spacial score (nSPS) is 11.1. The number of hydrogen-bond donors (Lipinski definition) is 8. The molecule has 0 bridgehead atoms. The van der Waals surface area contributed by atoms with Crippen LogP contribution in [0, 0.1) is 0 Å². The van der Waals surface area contributed by atoms with Crippen LogP contribution in [0.3, 0.4) is 0 Å². The minimum absolute atomic E-state index is 0. The number of phenols is 4. The molecule has 8 N–H and O–H groups in total. The predicted octanol–water partition coefficient (Wildman–Crippen LogP) is 13.7. The van der Waals surface area contributed by atoms with Crippen molar-refractivity contribution in [1.29, 1.82) is 0 Å². The van der Waals surface area contributed by atoms with Gasteiger partial charge in [0.05, 0.1) is 0 Å². The van der Waals surface area contributed by atoms with Crippen molar-refractivity contribution >= 4 is 23.9 Å². The van der Waals surface area contributed by atoms with Gasteiger partial charge in [-0.3, -0.25) is 0 Å². The van der Waals surface area contributed by atoms with Gasteiger partial charge in [-0.05, 0) is 116 Å². The largest absolute Gasteiger partial charge is 0.508 e. The summed E-state index contributed by atoms with van der Waals surface area (Å²) < 4.78 is 0. The molecule has 0 aliphatic heterocycles. The third kappa shape index (κ3) is 20.2. The number of hydrogen-bond acceptors (Lipinski definition) is 8. The number of carboxylic acid groups (broad SMARTS) is 4. The minimum Gasteiger partial charge on any atom is -0.508 e. The fourth-order valence-electron chi connectivity index (χ4n) is 6.99. The van der Waals surface area contributed by atoms with Gasteiger partial charge in [0.25, 0.3) is 0 Å². The highest BCUT2D eigenvalue weighted by molar-refractivity contribution is 5.87. The number of carbonyl (C=O) groups is 4. The lowest BCUT2D eigenvalue weighted by molar-refractivity contribution is -0.133. The Bertz CT molecular complexity index is 2250. The fourth-order valence-corrected chi connectivity index (χ4v) is 6.99. The molecule has 73 heavy (non-hydrogen) atoms. The number of phenolic OH excluding ortho intramolecular Hbond substituents is 4. The first-order valence-corrected chi connectivity index (χ1v) is 24.0. The fraction of sp³-hybridized carbons (Fsp3) is 0.410. The maximum absolute atomic E-state index is 10.8. The molecule has 0 heterocycles. The Morgan fingerprint density at radius 1 is 0.356 bits per heavy atom. The van der Waals surface area contributed by atoms with Crippen LogP contribution in [0.2, 0.25) is 0 Å². The van der Waals surface area contributed by atoms with Crippen molar-refractivity contribution in [2.24, 2.45) is 0 Å². The van der Waals surface area contributed by atoms with Crippen molar-refractivity contribution < 1.29 is 60.0 Å². The second-order valence-corrected chi connectivity index (χ2v) is 20.7. The van der Waals surface area contributed by atoms with E-state index >= 15 is 0 Å². The van der Waals surface area contributed by atoms with Crippen molar-refractivity contribution in [1.82, 2.24) is 0 Å². The summed E-state index contributed by atoms with van der Waals surface area (Å²) in [6.07, 6.45) is 4.75. The van der Waals surface area contributed by atoms with E-state index in [0.29, 0.717) is 25.7 Å². The van der Waals surface area contributed by atoms with Gasteiger partial charge < -0.3 is 40.9 Å². The lowest BCUT2D eigenvalue weighted by Gasteiger charge is -2.25. The molecule has 0 atom stereocenters. The van der Waals surface area contributed by atoms with Crippen LogP contribution < -0.4 is 0 Å². The Kier molecular flexibility index (Phi) is 25.5. The number of benzene rings is 4. The van der Waals surface area contributed by atoms with Crippen LogP contribution in [0.25, 0.3) is 0 Å². The Labute approximate surface area is 434 Å². The Morgan fingerprint density at radius 3 is 0.630 bits per heavy atom. The Balaban J connectivity index is 0.000000943. The summed E-state index contributed by atoms with van der Waals surface area (Å²) in [4.78, 5) is 43.0. The maximum Gasteiger partial charge on any atom is 0.331 e. The van der Waals surface area contributed by atoms with Gasteiger partial charge in [-0.2, -0.15) is 0 Å². The highest BCUT2D eigenvalue weighted by Gasteiger charge is 2.26. The molecular weight excluding hydrogens is 925 g/mol. The van der Waals surface area contributed by atoms with Gasteiger partial charge in [-0.1, -0.05) is 165 Å². The maximum atomic E-state index is 10.8. The summed E-state index contributed by atoms with van der Waals surface area (Å²) in [5.41, 5.74) is 6.90. The summed E-state index contributed by atoms with van der Waals surface area (Å²) in [5.74, 6) is -2.92. The zero-order chi connectivity index (χ0) is 55.7. The quantitative estimate of drug-likeness (QED) is 0.0387. The van der Waals surface area contributed by atoms with Crippen LogP contribution in [-0.2, 0) is 66.5 Å². The molecule has 4 rings (SSSR count). The van der Waals surface area contributed by atoms with Gasteiger partial charge in [0.1, 0.15) is 23.0 Å². The van der Waals surface area contributed by atoms with Gasteiger partial charge in [0, 0.05) is 48.0 Å². The third-order valence-electron chi connectivity index (χ3n) is 13.6. The van der Waals surface area contributed by atoms with Crippen molar-refractivity contribution in [3.63, 3.8) is 0 Å². The Morgan fingerprint density at radius 2 is 0.507 bits per heavy atom. The highest BCUT2D eigenvalue weighted by Crippen LogP contribution is 2.38. The second kappa shape index (κ2) is 28.2. The molecule has 0 saturated heterocycles. The molecule has 0 amide bonds. The molecule has 4 aromatic carbocycles. The van der Waals surface area contributed by atoms with E-state index < -0.39 is 23.9 Å². The van der Waals surface area contributed by atoms with E-state index in [1.807, 2.05) is 24.3 Å². The van der Waals surface area contributed by atoms with E-state index in [0.717, 1.165) is 70.2 Å². The van der Waals surface area contributed by atoms with Crippen molar-refractivity contribution in [3.05, 3.63) is 166 Å². The zero-order valence-corrected chi connectivity index (χ0v) is 44.6. The van der Waals surface area contributed by atoms with E-state index in [4.69, 9.17) is 20.4 Å². The standard InChI is InChI=1S/4C15H20O3.CH4/c4*1-5-15(3,4)12-9-11(6-7-13(12)16)8-10(2)14(17)18;/h4*6-7,9,16H,2,5,8H2,1,3-4H3,(H,17,18);1H4. The number of aromatic hydroxyl groups is 4. The van der Waals surface area contributed by atoms with Crippen molar-refractivity contribution in [3.8, 4) is 23.0 Å². The van der Waals surface area contributed by atoms with Crippen LogP contribution in [0.4, 0.5) is 0 Å². The first-order chi connectivity index (χ1) is 33.1. The topological polar surface area (TPSA) is 230 Å². The summed E-state index contributed by atoms with van der Waals surface area (Å²) in [5, 5.41) is 74.9. The summed E-state index contributed by atoms with van der Waals surface area (Å²) in [6, 6.07) is 20.9. The molecule has 0 saturated carbocycles. The third-order valence-corrected chi connectivity index (χ3v) is 13.6. The molecule has 0 fully saturated rings. The van der Waals surface area contributed by atoms with Crippen LogP contribution in [-0.4, -0.2) is 64.7 Å². The lowest BCUT2D eigenvalue weighted by Crippen LogP contribution is -2.16. The molecule has 4 aromatic rings. The van der Waals surface area contributed by atoms with Crippen LogP contribution in [0.15, 0.2) is 121 Å². The molecule has 0 unspecified atom stereocenters. The molecule has 0 aliphatic rings. The number of rotatable bonds is 20. The summed E-state index contributed by atoms with van der Waals surface area (Å²) >= 11 is 0. The molecule has 400 valence electrons. The van der Waals surface area contributed by atoms with Gasteiger partial charge >= 0.3 is 23.9 Å². The second-order valence-electron chi connectivity index (χ2n) is 20.7. The van der Waals surface area contributed by atoms with E-state index in [1.54, 1.807) is 48.5 Å². The number of aliphatic carboxylic acids is 4. The lowest BCUT2D eigenvalue weighted by atomic mass is 9.80. The highest BCUT2D eigenvalue weighted by atomic mass is 16.4. The average molecular weight is 1010 g/mol. The smallest absolute Gasteiger partial charge is 0.331 e. The van der Waals surface area contributed by atoms with Crippen molar-refractivity contribution in [2.75, 3.05) is 0 Å². The van der Waals surface area contributed by atoms with Crippen LogP contribution in [0.1, 0.15) is 161 Å². The molecular formula is C61H84O12. The first kappa shape index (κ1) is 65.9. The minimum atomic E-state index is -0.987. The van der Waals surface area contributed by atoms with Gasteiger partial charge in [-0.15, -0.1) is 0 Å². The molecule has 0 aromatic heterocycles. The van der Waals surface area contributed by atoms with Gasteiger partial charge in [0.2, 0.25) is 0 Å². The first-order valence-electron chi connectivity index (χ1n) is 24.0. The molecule has 0 radical (unpaired) electrons. The monoisotopic (exact) mass is 1010 g/mol. The number of carboxylic acids is 4.